The van der Waals surface area contributed by atoms with Crippen molar-refractivity contribution in [3.8, 4) is 17.2 Å². The Labute approximate surface area is 130 Å². The summed E-state index contributed by atoms with van der Waals surface area (Å²) in [5, 5.41) is 2.63. The van der Waals surface area contributed by atoms with Gasteiger partial charge in [-0.2, -0.15) is 0 Å². The molecule has 0 bridgehead atoms. The Morgan fingerprint density at radius 1 is 1.13 bits per heavy atom. The molecule has 1 N–H and O–H groups in total. The number of hydrogen-bond donors (Lipinski definition) is 1. The second-order valence-electron chi connectivity index (χ2n) is 4.96. The van der Waals surface area contributed by atoms with Gasteiger partial charge in [0.25, 0.3) is 5.91 Å². The summed E-state index contributed by atoms with van der Waals surface area (Å²) in [5.74, 6) is 0.0769. The lowest BCUT2D eigenvalue weighted by Gasteiger charge is -2.09. The van der Waals surface area contributed by atoms with Crippen LogP contribution in [0.2, 0.25) is 0 Å². The Kier molecular flexibility index (Phi) is 3.55. The van der Waals surface area contributed by atoms with Gasteiger partial charge in [0, 0.05) is 17.3 Å². The molecule has 7 heteroatoms. The van der Waals surface area contributed by atoms with E-state index in [1.807, 2.05) is 0 Å². The molecule has 0 spiro atoms. The number of rotatable bonds is 3. The fraction of sp³-hybridized carbons (Fsp3) is 0.188. The molecule has 0 aliphatic carbocycles. The largest absolute Gasteiger partial charge is 0.586 e. The molecular weight excluding hydrogens is 308 g/mol. The van der Waals surface area contributed by atoms with Crippen molar-refractivity contribution in [2.24, 2.45) is 0 Å². The molecule has 1 heterocycles. The van der Waals surface area contributed by atoms with Crippen LogP contribution in [0.1, 0.15) is 15.9 Å². The van der Waals surface area contributed by atoms with Crippen molar-refractivity contribution in [2.45, 2.75) is 13.2 Å². The summed E-state index contributed by atoms with van der Waals surface area (Å²) < 4.78 is 39.7. The SMILES string of the molecule is COc1ccc(C(=O)Nc2ccc3c(c2)OC(F)(F)O3)c(C)c1. The van der Waals surface area contributed by atoms with Crippen LogP contribution in [-0.2, 0) is 0 Å². The average Bonchev–Trinajstić information content (AvgIpc) is 2.80. The molecule has 0 aromatic heterocycles. The average molecular weight is 321 g/mol. The maximum absolute atomic E-state index is 13.0. The summed E-state index contributed by atoms with van der Waals surface area (Å²) in [6, 6.07) is 9.09. The molecule has 0 fully saturated rings. The summed E-state index contributed by atoms with van der Waals surface area (Å²) >= 11 is 0. The van der Waals surface area contributed by atoms with Crippen molar-refractivity contribution in [1.82, 2.24) is 0 Å². The van der Waals surface area contributed by atoms with E-state index in [4.69, 9.17) is 4.74 Å². The van der Waals surface area contributed by atoms with Gasteiger partial charge in [0.05, 0.1) is 7.11 Å². The Hall–Kier alpha value is -2.83. The summed E-state index contributed by atoms with van der Waals surface area (Å²) in [7, 11) is 1.54. The number of hydrogen-bond acceptors (Lipinski definition) is 4. The van der Waals surface area contributed by atoms with Crippen molar-refractivity contribution >= 4 is 11.6 Å². The van der Waals surface area contributed by atoms with Crippen LogP contribution in [0, 0.1) is 6.92 Å². The third-order valence-corrected chi connectivity index (χ3v) is 3.34. The van der Waals surface area contributed by atoms with Gasteiger partial charge in [-0.25, -0.2) is 0 Å². The van der Waals surface area contributed by atoms with Gasteiger partial charge in [0.2, 0.25) is 0 Å². The minimum atomic E-state index is -3.68. The number of carbonyl (C=O) groups is 1. The number of alkyl halides is 2. The quantitative estimate of drug-likeness (QED) is 0.939. The maximum Gasteiger partial charge on any atom is 0.586 e. The molecule has 0 radical (unpaired) electrons. The predicted octanol–water partition coefficient (Wildman–Crippen LogP) is 3.58. The molecule has 1 aliphatic rings. The monoisotopic (exact) mass is 321 g/mol. The fourth-order valence-electron chi connectivity index (χ4n) is 2.24. The predicted molar refractivity (Wildman–Crippen MR) is 78.3 cm³/mol. The zero-order chi connectivity index (χ0) is 16.6. The van der Waals surface area contributed by atoms with E-state index in [9.17, 15) is 13.6 Å². The highest BCUT2D eigenvalue weighted by Gasteiger charge is 2.43. The molecule has 1 aliphatic heterocycles. The number of nitrogens with one attached hydrogen (secondary N) is 1. The topological polar surface area (TPSA) is 56.8 Å². The summed E-state index contributed by atoms with van der Waals surface area (Å²) in [6.45, 7) is 1.78. The first kappa shape index (κ1) is 15.1. The highest BCUT2D eigenvalue weighted by Crippen LogP contribution is 2.42. The van der Waals surface area contributed by atoms with E-state index in [0.29, 0.717) is 17.0 Å². The van der Waals surface area contributed by atoms with Gasteiger partial charge in [-0.1, -0.05) is 0 Å². The highest BCUT2D eigenvalue weighted by atomic mass is 19.3. The number of fused-ring (bicyclic) bond motifs is 1. The lowest BCUT2D eigenvalue weighted by Crippen LogP contribution is -2.25. The molecule has 1 amide bonds. The standard InChI is InChI=1S/C16H13F2NO4/c1-9-7-11(21-2)4-5-12(9)15(20)19-10-3-6-13-14(8-10)23-16(17,18)22-13/h3-8H,1-2H3,(H,19,20). The van der Waals surface area contributed by atoms with Gasteiger partial charge in [0.1, 0.15) is 5.75 Å². The van der Waals surface area contributed by atoms with E-state index in [1.165, 1.54) is 25.3 Å². The first-order valence-corrected chi connectivity index (χ1v) is 6.74. The van der Waals surface area contributed by atoms with Crippen LogP contribution in [0.3, 0.4) is 0 Å². The number of benzene rings is 2. The van der Waals surface area contributed by atoms with Gasteiger partial charge >= 0.3 is 6.29 Å². The van der Waals surface area contributed by atoms with Gasteiger partial charge in [-0.3, -0.25) is 4.79 Å². The number of carbonyl (C=O) groups excluding carboxylic acids is 1. The van der Waals surface area contributed by atoms with E-state index < -0.39 is 6.29 Å². The van der Waals surface area contributed by atoms with Crippen LogP contribution in [-0.4, -0.2) is 19.3 Å². The number of methoxy groups -OCH3 is 1. The van der Waals surface area contributed by atoms with Crippen molar-refractivity contribution < 1.29 is 27.8 Å². The summed E-state index contributed by atoms with van der Waals surface area (Å²) in [5.41, 5.74) is 1.51. The second-order valence-corrected chi connectivity index (χ2v) is 4.96. The van der Waals surface area contributed by atoms with Crippen LogP contribution in [0.4, 0.5) is 14.5 Å². The number of ether oxygens (including phenoxy) is 3. The van der Waals surface area contributed by atoms with E-state index in [0.717, 1.165) is 5.56 Å². The Bertz CT molecular complexity index is 777. The Morgan fingerprint density at radius 2 is 1.87 bits per heavy atom. The minimum absolute atomic E-state index is 0.0753. The van der Waals surface area contributed by atoms with Crippen LogP contribution in [0.5, 0.6) is 17.2 Å². The van der Waals surface area contributed by atoms with Crippen LogP contribution in [0.15, 0.2) is 36.4 Å². The Morgan fingerprint density at radius 3 is 2.57 bits per heavy atom. The number of amides is 1. The van der Waals surface area contributed by atoms with E-state index in [1.54, 1.807) is 25.1 Å². The van der Waals surface area contributed by atoms with E-state index in [2.05, 4.69) is 14.8 Å². The maximum atomic E-state index is 13.0. The molecule has 0 atom stereocenters. The third kappa shape index (κ3) is 3.03. The Balaban J connectivity index is 1.79. The van der Waals surface area contributed by atoms with Crippen LogP contribution in [0.25, 0.3) is 0 Å². The third-order valence-electron chi connectivity index (χ3n) is 3.34. The van der Waals surface area contributed by atoms with Crippen LogP contribution < -0.4 is 19.5 Å². The van der Waals surface area contributed by atoms with Crippen molar-refractivity contribution in [3.63, 3.8) is 0 Å². The minimum Gasteiger partial charge on any atom is -0.497 e. The molecule has 2 aromatic carbocycles. The van der Waals surface area contributed by atoms with Crippen molar-refractivity contribution in [2.75, 3.05) is 12.4 Å². The summed E-state index contributed by atoms with van der Waals surface area (Å²) in [4.78, 5) is 12.3. The first-order valence-electron chi connectivity index (χ1n) is 6.74. The van der Waals surface area contributed by atoms with E-state index in [-0.39, 0.29) is 17.4 Å². The smallest absolute Gasteiger partial charge is 0.497 e. The highest BCUT2D eigenvalue weighted by molar-refractivity contribution is 6.05. The molecule has 0 saturated heterocycles. The van der Waals surface area contributed by atoms with Crippen LogP contribution >= 0.6 is 0 Å². The van der Waals surface area contributed by atoms with Crippen molar-refractivity contribution in [3.05, 3.63) is 47.5 Å². The van der Waals surface area contributed by atoms with Gasteiger partial charge in [-0.15, -0.1) is 8.78 Å². The molecule has 120 valence electrons. The van der Waals surface area contributed by atoms with Gasteiger partial charge in [0.15, 0.2) is 11.5 Å². The number of halogens is 2. The number of anilines is 1. The zero-order valence-corrected chi connectivity index (χ0v) is 12.4. The van der Waals surface area contributed by atoms with E-state index >= 15 is 0 Å². The molecule has 0 unspecified atom stereocenters. The molecule has 3 rings (SSSR count). The number of aryl methyl sites for hydroxylation is 1. The van der Waals surface area contributed by atoms with Crippen molar-refractivity contribution in [1.29, 1.82) is 0 Å². The zero-order valence-electron chi connectivity index (χ0n) is 12.4. The molecule has 23 heavy (non-hydrogen) atoms. The lowest BCUT2D eigenvalue weighted by molar-refractivity contribution is -0.286. The molecule has 2 aromatic rings. The van der Waals surface area contributed by atoms with Gasteiger partial charge in [-0.05, 0) is 42.8 Å². The first-order chi connectivity index (χ1) is 10.9. The molecular formula is C16H13F2NO4. The fourth-order valence-corrected chi connectivity index (χ4v) is 2.24. The summed E-state index contributed by atoms with van der Waals surface area (Å²) in [6.07, 6.45) is -3.68. The van der Waals surface area contributed by atoms with Gasteiger partial charge < -0.3 is 19.5 Å². The second kappa shape index (κ2) is 5.42. The molecule has 5 nitrogen and oxygen atoms in total. The normalized spacial score (nSPS) is 14.4. The molecule has 0 saturated carbocycles. The lowest BCUT2D eigenvalue weighted by atomic mass is 10.1.